The van der Waals surface area contributed by atoms with Crippen molar-refractivity contribution < 1.29 is 19.2 Å². The Balaban J connectivity index is 1.55. The predicted octanol–water partition coefficient (Wildman–Crippen LogP) is 3.74. The molecule has 2 aromatic carbocycles. The fourth-order valence-electron chi connectivity index (χ4n) is 2.94. The smallest absolute Gasteiger partial charge is 0.270 e. The molecular weight excluding hydrogens is 408 g/mol. The van der Waals surface area contributed by atoms with Gasteiger partial charge in [-0.2, -0.15) is 0 Å². The lowest BCUT2D eigenvalue weighted by Gasteiger charge is -2.08. The summed E-state index contributed by atoms with van der Waals surface area (Å²) in [6.45, 7) is 4.41. The maximum Gasteiger partial charge on any atom is 0.270 e. The number of hydrogen-bond donors (Lipinski definition) is 0. The number of nitro groups is 1. The summed E-state index contributed by atoms with van der Waals surface area (Å²) in [6.07, 6.45) is 1.71. The van der Waals surface area contributed by atoms with E-state index in [0.717, 1.165) is 5.56 Å². The maximum atomic E-state index is 12.5. The first-order valence-electron chi connectivity index (χ1n) is 8.91. The van der Waals surface area contributed by atoms with E-state index in [0.29, 0.717) is 29.0 Å². The average molecular weight is 424 g/mol. The molecule has 1 aliphatic rings. The first kappa shape index (κ1) is 19.6. The second-order valence-corrected chi connectivity index (χ2v) is 7.24. The van der Waals surface area contributed by atoms with Gasteiger partial charge < -0.3 is 9.47 Å². The molecule has 1 aliphatic heterocycles. The molecular formula is C20H16N4O5S. The van der Waals surface area contributed by atoms with Crippen LogP contribution in [0.1, 0.15) is 10.4 Å². The number of allylic oxidation sites excluding steroid dienone is 1. The highest BCUT2D eigenvalue weighted by Crippen LogP contribution is 2.36. The fraction of sp³-hybridized carbons (Fsp3) is 0.150. The summed E-state index contributed by atoms with van der Waals surface area (Å²) in [6, 6.07) is 11.2. The highest BCUT2D eigenvalue weighted by Gasteiger charge is 2.20. The van der Waals surface area contributed by atoms with Crippen molar-refractivity contribution in [1.29, 1.82) is 0 Å². The predicted molar refractivity (Wildman–Crippen MR) is 110 cm³/mol. The van der Waals surface area contributed by atoms with Crippen molar-refractivity contribution in [3.8, 4) is 22.9 Å². The zero-order valence-electron chi connectivity index (χ0n) is 15.7. The van der Waals surface area contributed by atoms with Crippen molar-refractivity contribution >= 4 is 23.2 Å². The Hall–Kier alpha value is -3.66. The third-order valence-electron chi connectivity index (χ3n) is 4.37. The van der Waals surface area contributed by atoms with Crippen LogP contribution in [0.25, 0.3) is 11.4 Å². The zero-order valence-corrected chi connectivity index (χ0v) is 16.5. The van der Waals surface area contributed by atoms with Crippen LogP contribution in [0.4, 0.5) is 5.69 Å². The van der Waals surface area contributed by atoms with Gasteiger partial charge in [0.2, 0.25) is 6.79 Å². The molecule has 0 saturated heterocycles. The van der Waals surface area contributed by atoms with Crippen molar-refractivity contribution in [2.75, 3.05) is 12.5 Å². The molecule has 0 saturated carbocycles. The molecule has 152 valence electrons. The van der Waals surface area contributed by atoms with E-state index in [1.807, 2.05) is 22.8 Å². The van der Waals surface area contributed by atoms with Crippen LogP contribution in [-0.2, 0) is 6.54 Å². The fourth-order valence-corrected chi connectivity index (χ4v) is 3.79. The Kier molecular flexibility index (Phi) is 5.48. The summed E-state index contributed by atoms with van der Waals surface area (Å²) in [5.74, 6) is 1.75. The number of carbonyl (C=O) groups is 1. The second-order valence-electron chi connectivity index (χ2n) is 6.29. The highest BCUT2D eigenvalue weighted by atomic mass is 32.2. The molecule has 0 fully saturated rings. The summed E-state index contributed by atoms with van der Waals surface area (Å²) in [5.41, 5.74) is 0.957. The van der Waals surface area contributed by atoms with Crippen LogP contribution in [0.2, 0.25) is 0 Å². The van der Waals surface area contributed by atoms with E-state index < -0.39 is 4.92 Å². The Morgan fingerprint density at radius 3 is 2.87 bits per heavy atom. The van der Waals surface area contributed by atoms with Gasteiger partial charge in [0.15, 0.2) is 28.3 Å². The van der Waals surface area contributed by atoms with Crippen LogP contribution in [0.3, 0.4) is 0 Å². The minimum Gasteiger partial charge on any atom is -0.454 e. The van der Waals surface area contributed by atoms with Gasteiger partial charge in [0.1, 0.15) is 0 Å². The summed E-state index contributed by atoms with van der Waals surface area (Å²) >= 11 is 1.21. The summed E-state index contributed by atoms with van der Waals surface area (Å²) in [4.78, 5) is 22.9. The van der Waals surface area contributed by atoms with Crippen LogP contribution < -0.4 is 9.47 Å². The number of thioether (sulfide) groups is 1. The molecule has 30 heavy (non-hydrogen) atoms. The maximum absolute atomic E-state index is 12.5. The molecule has 0 radical (unpaired) electrons. The number of nitro benzene ring substituents is 1. The van der Waals surface area contributed by atoms with Crippen molar-refractivity contribution in [3.63, 3.8) is 0 Å². The number of carbonyl (C=O) groups excluding carboxylic acids is 1. The largest absolute Gasteiger partial charge is 0.454 e. The molecule has 0 spiro atoms. The number of fused-ring (bicyclic) bond motifs is 1. The van der Waals surface area contributed by atoms with Gasteiger partial charge in [0.25, 0.3) is 5.69 Å². The summed E-state index contributed by atoms with van der Waals surface area (Å²) < 4.78 is 12.6. The SMILES string of the molecule is C=CCn1c(SCC(=O)c2cccc([N+](=O)[O-])c2)nnc1-c1ccc2c(c1)OCO2. The van der Waals surface area contributed by atoms with E-state index in [1.54, 1.807) is 12.1 Å². The van der Waals surface area contributed by atoms with Crippen molar-refractivity contribution in [3.05, 3.63) is 70.8 Å². The molecule has 0 amide bonds. The number of ether oxygens (including phenoxy) is 2. The molecule has 0 N–H and O–H groups in total. The van der Waals surface area contributed by atoms with Crippen LogP contribution >= 0.6 is 11.8 Å². The number of ketones is 1. The van der Waals surface area contributed by atoms with Crippen molar-refractivity contribution in [1.82, 2.24) is 14.8 Å². The number of nitrogens with zero attached hydrogens (tertiary/aromatic N) is 4. The van der Waals surface area contributed by atoms with Crippen LogP contribution in [0, 0.1) is 10.1 Å². The molecule has 0 atom stereocenters. The van der Waals surface area contributed by atoms with Gasteiger partial charge in [0.05, 0.1) is 10.7 Å². The third-order valence-corrected chi connectivity index (χ3v) is 5.34. The molecule has 4 rings (SSSR count). The molecule has 0 bridgehead atoms. The number of Topliss-reactive ketones (excluding diaryl/α,β-unsaturated/α-hetero) is 1. The monoisotopic (exact) mass is 424 g/mol. The minimum absolute atomic E-state index is 0.0670. The molecule has 1 aromatic heterocycles. The first-order chi connectivity index (χ1) is 14.6. The molecule has 0 unspecified atom stereocenters. The van der Waals surface area contributed by atoms with Gasteiger partial charge in [-0.3, -0.25) is 19.5 Å². The van der Waals surface area contributed by atoms with E-state index >= 15 is 0 Å². The van der Waals surface area contributed by atoms with Gasteiger partial charge in [-0.05, 0) is 18.2 Å². The van der Waals surface area contributed by atoms with Crippen LogP contribution in [0.5, 0.6) is 11.5 Å². The standard InChI is InChI=1S/C20H16N4O5S/c1-2-8-23-19(14-6-7-17-18(10-14)29-12-28-17)21-22-20(23)30-11-16(25)13-4-3-5-15(9-13)24(26)27/h2-7,9-10H,1,8,11-12H2. The number of aromatic nitrogens is 3. The molecule has 10 heteroatoms. The highest BCUT2D eigenvalue weighted by molar-refractivity contribution is 7.99. The lowest BCUT2D eigenvalue weighted by Crippen LogP contribution is -2.06. The van der Waals surface area contributed by atoms with E-state index in [1.165, 1.54) is 30.0 Å². The Bertz CT molecular complexity index is 1140. The summed E-state index contributed by atoms with van der Waals surface area (Å²) in [5, 5.41) is 19.9. The molecule has 3 aromatic rings. The van der Waals surface area contributed by atoms with E-state index in [9.17, 15) is 14.9 Å². The lowest BCUT2D eigenvalue weighted by molar-refractivity contribution is -0.384. The van der Waals surface area contributed by atoms with Gasteiger partial charge in [-0.15, -0.1) is 16.8 Å². The van der Waals surface area contributed by atoms with Gasteiger partial charge in [-0.25, -0.2) is 0 Å². The second kappa shape index (κ2) is 8.37. The molecule has 2 heterocycles. The van der Waals surface area contributed by atoms with E-state index in [-0.39, 0.29) is 29.6 Å². The Morgan fingerprint density at radius 2 is 2.07 bits per heavy atom. The van der Waals surface area contributed by atoms with Crippen LogP contribution in [0.15, 0.2) is 60.3 Å². The number of benzene rings is 2. The number of hydrogen-bond acceptors (Lipinski definition) is 8. The third kappa shape index (κ3) is 3.90. The molecule has 9 nitrogen and oxygen atoms in total. The number of non-ortho nitro benzene ring substituents is 1. The van der Waals surface area contributed by atoms with Gasteiger partial charge >= 0.3 is 0 Å². The normalized spacial score (nSPS) is 12.0. The summed E-state index contributed by atoms with van der Waals surface area (Å²) in [7, 11) is 0. The van der Waals surface area contributed by atoms with E-state index in [2.05, 4.69) is 16.8 Å². The Labute approximate surface area is 175 Å². The van der Waals surface area contributed by atoms with E-state index in [4.69, 9.17) is 9.47 Å². The van der Waals surface area contributed by atoms with Crippen molar-refractivity contribution in [2.45, 2.75) is 11.7 Å². The van der Waals surface area contributed by atoms with Crippen LogP contribution in [-0.4, -0.2) is 38.0 Å². The molecule has 0 aliphatic carbocycles. The average Bonchev–Trinajstić information content (AvgIpc) is 3.38. The topological polar surface area (TPSA) is 109 Å². The lowest BCUT2D eigenvalue weighted by atomic mass is 10.1. The minimum atomic E-state index is -0.526. The van der Waals surface area contributed by atoms with Gasteiger partial charge in [-0.1, -0.05) is 30.0 Å². The number of rotatable bonds is 8. The zero-order chi connectivity index (χ0) is 21.1. The van der Waals surface area contributed by atoms with Crippen molar-refractivity contribution in [2.24, 2.45) is 0 Å². The Morgan fingerprint density at radius 1 is 1.23 bits per heavy atom. The quantitative estimate of drug-likeness (QED) is 0.177. The van der Waals surface area contributed by atoms with Gasteiger partial charge in [0, 0.05) is 29.8 Å². The first-order valence-corrected chi connectivity index (χ1v) is 9.90.